The first-order valence-corrected chi connectivity index (χ1v) is 11.8. The minimum atomic E-state index is 0.184. The first-order valence-electron chi connectivity index (χ1n) is 11.8. The number of tetrazole rings is 1. The molecule has 0 fully saturated rings. The summed E-state index contributed by atoms with van der Waals surface area (Å²) >= 11 is 0. The third kappa shape index (κ3) is 3.92. The summed E-state index contributed by atoms with van der Waals surface area (Å²) in [4.78, 5) is 13.3. The summed E-state index contributed by atoms with van der Waals surface area (Å²) in [5.41, 5.74) is 6.58. The van der Waals surface area contributed by atoms with Crippen LogP contribution < -0.4 is 5.56 Å². The number of fused-ring (bicyclic) bond motifs is 1. The summed E-state index contributed by atoms with van der Waals surface area (Å²) in [7, 11) is 0. The number of rotatable bonds is 6. The largest absolute Gasteiger partial charge is 0.286 e. The van der Waals surface area contributed by atoms with E-state index in [1.807, 2.05) is 22.9 Å². The molecular formula is C26H30N6O. The van der Waals surface area contributed by atoms with Crippen molar-refractivity contribution in [2.75, 3.05) is 0 Å². The van der Waals surface area contributed by atoms with Crippen molar-refractivity contribution in [3.05, 3.63) is 75.7 Å². The van der Waals surface area contributed by atoms with Crippen molar-refractivity contribution in [2.24, 2.45) is 11.8 Å². The van der Waals surface area contributed by atoms with Gasteiger partial charge in [0.2, 0.25) is 5.82 Å². The van der Waals surface area contributed by atoms with E-state index in [0.717, 1.165) is 53.7 Å². The number of benzene rings is 2. The summed E-state index contributed by atoms with van der Waals surface area (Å²) in [6.07, 6.45) is 2.64. The van der Waals surface area contributed by atoms with Crippen LogP contribution >= 0.6 is 0 Å². The number of aromatic amines is 1. The van der Waals surface area contributed by atoms with Gasteiger partial charge in [-0.25, -0.2) is 4.68 Å². The Morgan fingerprint density at radius 3 is 2.33 bits per heavy atom. The molecule has 5 rings (SSSR count). The molecule has 2 aromatic carbocycles. The van der Waals surface area contributed by atoms with E-state index in [9.17, 15) is 4.79 Å². The lowest BCUT2D eigenvalue weighted by Crippen LogP contribution is -2.36. The van der Waals surface area contributed by atoms with Gasteiger partial charge in [0.25, 0.3) is 5.56 Å². The van der Waals surface area contributed by atoms with Crippen molar-refractivity contribution >= 4 is 0 Å². The lowest BCUT2D eigenvalue weighted by Gasteiger charge is -2.30. The Kier molecular flexibility index (Phi) is 5.70. The molecule has 4 aromatic rings. The van der Waals surface area contributed by atoms with Crippen LogP contribution in [0.25, 0.3) is 22.5 Å². The fourth-order valence-electron chi connectivity index (χ4n) is 4.89. The molecule has 0 spiro atoms. The van der Waals surface area contributed by atoms with Gasteiger partial charge in [0, 0.05) is 36.3 Å². The monoisotopic (exact) mass is 442 g/mol. The summed E-state index contributed by atoms with van der Waals surface area (Å²) < 4.78 is 4.25. The van der Waals surface area contributed by atoms with Gasteiger partial charge in [-0.15, -0.1) is 10.2 Å². The number of hydrogen-bond donors (Lipinski definition) is 1. The molecule has 0 saturated carbocycles. The van der Waals surface area contributed by atoms with Gasteiger partial charge in [0.05, 0.1) is 0 Å². The highest BCUT2D eigenvalue weighted by molar-refractivity contribution is 5.80. The number of aromatic nitrogens is 6. The summed E-state index contributed by atoms with van der Waals surface area (Å²) in [5.74, 6) is 1.68. The predicted octanol–water partition coefficient (Wildman–Crippen LogP) is 4.33. The van der Waals surface area contributed by atoms with E-state index >= 15 is 0 Å². The van der Waals surface area contributed by atoms with Gasteiger partial charge in [-0.2, -0.15) is 5.21 Å². The molecule has 170 valence electrons. The summed E-state index contributed by atoms with van der Waals surface area (Å²) in [6, 6.07) is 16.5. The average molecular weight is 443 g/mol. The highest BCUT2D eigenvalue weighted by Crippen LogP contribution is 2.30. The molecule has 2 unspecified atom stereocenters. The van der Waals surface area contributed by atoms with E-state index in [1.54, 1.807) is 0 Å². The second-order valence-electron chi connectivity index (χ2n) is 9.25. The van der Waals surface area contributed by atoms with Crippen molar-refractivity contribution in [2.45, 2.75) is 53.1 Å². The zero-order valence-electron chi connectivity index (χ0n) is 19.5. The van der Waals surface area contributed by atoms with Crippen molar-refractivity contribution < 1.29 is 0 Å². The molecule has 2 atom stereocenters. The van der Waals surface area contributed by atoms with E-state index in [-0.39, 0.29) is 5.56 Å². The molecule has 1 aliphatic heterocycles. The third-order valence-corrected chi connectivity index (χ3v) is 6.98. The van der Waals surface area contributed by atoms with E-state index in [0.29, 0.717) is 24.1 Å². The minimum absolute atomic E-state index is 0.184. The van der Waals surface area contributed by atoms with E-state index in [4.69, 9.17) is 0 Å². The topological polar surface area (TPSA) is 81.4 Å². The lowest BCUT2D eigenvalue weighted by molar-refractivity contribution is 0.195. The molecule has 3 heterocycles. The number of H-pyrrole nitrogens is 1. The minimum Gasteiger partial charge on any atom is -0.286 e. The molecule has 0 aliphatic carbocycles. The zero-order chi connectivity index (χ0) is 22.9. The number of nitrogens with zero attached hydrogens (tertiary/aromatic N) is 5. The number of nitrogens with one attached hydrogen (secondary N) is 1. The van der Waals surface area contributed by atoms with Crippen LogP contribution in [0, 0.1) is 11.8 Å². The standard InChI is InChI=1S/C26H30N6O/c1-4-7-24-23(26(33)32-16-18(3)17(2)15-31(24)32)14-19-10-12-20(13-11-19)21-8-5-6-9-22(21)25-27-29-30-28-25/h5-6,8-13,17-18H,4,7,14-16H2,1-3H3,(H,27,28,29,30). The normalized spacial score (nSPS) is 17.8. The quantitative estimate of drug-likeness (QED) is 0.482. The Morgan fingerprint density at radius 1 is 0.970 bits per heavy atom. The van der Waals surface area contributed by atoms with Crippen LogP contribution in [0.15, 0.2) is 53.3 Å². The van der Waals surface area contributed by atoms with Crippen molar-refractivity contribution in [1.29, 1.82) is 0 Å². The van der Waals surface area contributed by atoms with E-state index in [2.05, 4.69) is 76.4 Å². The third-order valence-electron chi connectivity index (χ3n) is 6.98. The molecule has 0 radical (unpaired) electrons. The Labute approximate surface area is 193 Å². The first-order chi connectivity index (χ1) is 16.1. The van der Waals surface area contributed by atoms with Crippen molar-refractivity contribution in [3.8, 4) is 22.5 Å². The zero-order valence-corrected chi connectivity index (χ0v) is 19.5. The Bertz CT molecular complexity index is 1300. The summed E-state index contributed by atoms with van der Waals surface area (Å²) in [5, 5.41) is 14.5. The van der Waals surface area contributed by atoms with Gasteiger partial charge >= 0.3 is 0 Å². The number of hydrogen-bond acceptors (Lipinski definition) is 4. The van der Waals surface area contributed by atoms with Crippen molar-refractivity contribution in [1.82, 2.24) is 30.0 Å². The van der Waals surface area contributed by atoms with Crippen LogP contribution in [0.4, 0.5) is 0 Å². The van der Waals surface area contributed by atoms with Gasteiger partial charge in [-0.3, -0.25) is 9.48 Å². The maximum absolute atomic E-state index is 13.3. The van der Waals surface area contributed by atoms with Crippen LogP contribution in [0.1, 0.15) is 44.0 Å². The van der Waals surface area contributed by atoms with Crippen LogP contribution in [0.3, 0.4) is 0 Å². The van der Waals surface area contributed by atoms with Gasteiger partial charge in [0.1, 0.15) is 0 Å². The average Bonchev–Trinajstić information content (AvgIpc) is 3.45. The molecule has 33 heavy (non-hydrogen) atoms. The van der Waals surface area contributed by atoms with Crippen LogP contribution in [0.5, 0.6) is 0 Å². The molecular weight excluding hydrogens is 412 g/mol. The fraction of sp³-hybridized carbons (Fsp3) is 0.385. The Balaban J connectivity index is 1.47. The second-order valence-corrected chi connectivity index (χ2v) is 9.25. The molecule has 0 amide bonds. The van der Waals surface area contributed by atoms with Gasteiger partial charge < -0.3 is 0 Å². The predicted molar refractivity (Wildman–Crippen MR) is 129 cm³/mol. The molecule has 1 aliphatic rings. The summed E-state index contributed by atoms with van der Waals surface area (Å²) in [6.45, 7) is 8.46. The highest BCUT2D eigenvalue weighted by atomic mass is 16.1. The van der Waals surface area contributed by atoms with Crippen LogP contribution in [0.2, 0.25) is 0 Å². The molecule has 0 bridgehead atoms. The van der Waals surface area contributed by atoms with Gasteiger partial charge in [-0.1, -0.05) is 75.7 Å². The first kappa shape index (κ1) is 21.4. The molecule has 1 N–H and O–H groups in total. The molecule has 7 nitrogen and oxygen atoms in total. The maximum Gasteiger partial charge on any atom is 0.270 e. The van der Waals surface area contributed by atoms with Gasteiger partial charge in [-0.05, 0) is 40.2 Å². The fourth-order valence-corrected chi connectivity index (χ4v) is 4.89. The lowest BCUT2D eigenvalue weighted by atomic mass is 9.94. The van der Waals surface area contributed by atoms with E-state index in [1.165, 1.54) is 5.69 Å². The molecule has 7 heteroatoms. The highest BCUT2D eigenvalue weighted by Gasteiger charge is 2.28. The SMILES string of the molecule is CCCc1c(Cc2ccc(-c3ccccc3-c3nn[nH]n3)cc2)c(=O)n2n1CC(C)C(C)C2. The Morgan fingerprint density at radius 2 is 1.67 bits per heavy atom. The molecule has 0 saturated heterocycles. The maximum atomic E-state index is 13.3. The smallest absolute Gasteiger partial charge is 0.270 e. The molecule has 2 aromatic heterocycles. The Hall–Kier alpha value is -3.48. The second kappa shape index (κ2) is 8.81. The van der Waals surface area contributed by atoms with Crippen LogP contribution in [-0.4, -0.2) is 30.0 Å². The van der Waals surface area contributed by atoms with Crippen LogP contribution in [-0.2, 0) is 25.9 Å². The van der Waals surface area contributed by atoms with E-state index < -0.39 is 0 Å². The van der Waals surface area contributed by atoms with Crippen molar-refractivity contribution in [3.63, 3.8) is 0 Å². The van der Waals surface area contributed by atoms with Gasteiger partial charge in [0.15, 0.2) is 0 Å².